The van der Waals surface area contributed by atoms with Gasteiger partial charge in [-0.1, -0.05) is 60.7 Å². The molecule has 2 aromatic rings. The molecule has 2 unspecified atom stereocenters. The van der Waals surface area contributed by atoms with Crippen LogP contribution in [0, 0.1) is 5.92 Å². The van der Waals surface area contributed by atoms with E-state index in [9.17, 15) is 23.7 Å². The van der Waals surface area contributed by atoms with Crippen LogP contribution in [-0.2, 0) is 55.6 Å². The molecule has 2 rings (SSSR count). The van der Waals surface area contributed by atoms with Crippen molar-refractivity contribution in [2.75, 3.05) is 33.7 Å². The Labute approximate surface area is 233 Å². The van der Waals surface area contributed by atoms with E-state index in [1.165, 1.54) is 21.3 Å². The molecule has 0 radical (unpaired) electrons. The van der Waals surface area contributed by atoms with Gasteiger partial charge in [0.1, 0.15) is 19.3 Å². The second kappa shape index (κ2) is 17.1. The molecule has 0 bridgehead atoms. The normalized spacial score (nSPS) is 13.7. The molecule has 0 spiro atoms. The van der Waals surface area contributed by atoms with Crippen LogP contribution >= 0.6 is 7.37 Å². The van der Waals surface area contributed by atoms with Crippen LogP contribution in [0.15, 0.2) is 60.7 Å². The fourth-order valence-electron chi connectivity index (χ4n) is 3.75. The lowest BCUT2D eigenvalue weighted by molar-refractivity contribution is -0.148. The average molecular weight is 578 g/mol. The van der Waals surface area contributed by atoms with Gasteiger partial charge in [-0.3, -0.25) is 14.2 Å². The maximum Gasteiger partial charge on any atom is 0.408 e. The van der Waals surface area contributed by atoms with E-state index < -0.39 is 43.3 Å². The molecule has 0 aromatic heterocycles. The zero-order valence-corrected chi connectivity index (χ0v) is 23.8. The summed E-state index contributed by atoms with van der Waals surface area (Å²) in [5.74, 6) is -2.83. The summed E-state index contributed by atoms with van der Waals surface area (Å²) < 4.78 is 39.0. The van der Waals surface area contributed by atoms with E-state index in [0.717, 1.165) is 11.1 Å². The van der Waals surface area contributed by atoms with E-state index in [1.807, 2.05) is 12.1 Å². The largest absolute Gasteiger partial charge is 0.469 e. The molecule has 0 aliphatic carbocycles. The maximum absolute atomic E-state index is 13.6. The first-order valence-electron chi connectivity index (χ1n) is 12.7. The van der Waals surface area contributed by atoms with Crippen LogP contribution in [0.3, 0.4) is 0 Å². The first-order valence-corrected chi connectivity index (χ1v) is 14.7. The summed E-state index contributed by atoms with van der Waals surface area (Å²) in [4.78, 5) is 49.4. The van der Waals surface area contributed by atoms with Crippen molar-refractivity contribution in [2.45, 2.75) is 38.5 Å². The topological polar surface area (TPSA) is 144 Å². The number of benzene rings is 2. The molecule has 218 valence electrons. The van der Waals surface area contributed by atoms with Crippen molar-refractivity contribution < 1.29 is 47.2 Å². The van der Waals surface area contributed by atoms with Gasteiger partial charge in [-0.2, -0.15) is 0 Å². The van der Waals surface area contributed by atoms with Crippen LogP contribution in [0.1, 0.15) is 30.4 Å². The Morgan fingerprint density at radius 3 is 1.88 bits per heavy atom. The fourth-order valence-corrected chi connectivity index (χ4v) is 5.92. The fraction of sp³-hybridized carbons (Fsp3) is 0.429. The van der Waals surface area contributed by atoms with Gasteiger partial charge in [-0.15, -0.1) is 0 Å². The highest BCUT2D eigenvalue weighted by atomic mass is 31.2. The quantitative estimate of drug-likeness (QED) is 0.176. The van der Waals surface area contributed by atoms with E-state index in [2.05, 4.69) is 10.1 Å². The lowest BCUT2D eigenvalue weighted by atomic mass is 10.1. The number of hydrogen-bond donors (Lipinski definition) is 1. The van der Waals surface area contributed by atoms with Crippen molar-refractivity contribution in [1.29, 1.82) is 0 Å². The molecule has 0 saturated carbocycles. The molecule has 0 aliphatic rings. The molecule has 1 amide bonds. The second-order valence-electron chi connectivity index (χ2n) is 8.88. The molecule has 0 saturated heterocycles. The number of nitrogens with one attached hydrogen (secondary N) is 1. The summed E-state index contributed by atoms with van der Waals surface area (Å²) in [5, 5.41) is 2.49. The Balaban J connectivity index is 2.10. The Hall–Kier alpha value is -3.69. The average Bonchev–Trinajstić information content (AvgIpc) is 2.99. The SMILES string of the molecule is COC(=O)CCC(CP(=O)(CC[C@H](NC(=O)OCc1ccccc1)C(=O)OCc1ccccc1)OC)C(=O)OC. The van der Waals surface area contributed by atoms with Crippen LogP contribution in [0.4, 0.5) is 4.79 Å². The van der Waals surface area contributed by atoms with E-state index in [4.69, 9.17) is 18.7 Å². The van der Waals surface area contributed by atoms with E-state index in [-0.39, 0.29) is 44.8 Å². The zero-order chi connectivity index (χ0) is 29.4. The minimum Gasteiger partial charge on any atom is -0.469 e. The van der Waals surface area contributed by atoms with Gasteiger partial charge >= 0.3 is 24.0 Å². The van der Waals surface area contributed by atoms with Gasteiger partial charge in [-0.05, 0) is 24.0 Å². The number of rotatable bonds is 16. The van der Waals surface area contributed by atoms with Crippen LogP contribution in [-0.4, -0.2) is 63.7 Å². The third-order valence-electron chi connectivity index (χ3n) is 6.06. The Morgan fingerprint density at radius 2 is 1.35 bits per heavy atom. The molecule has 12 heteroatoms. The highest BCUT2D eigenvalue weighted by Crippen LogP contribution is 2.49. The zero-order valence-electron chi connectivity index (χ0n) is 22.9. The highest BCUT2D eigenvalue weighted by Gasteiger charge is 2.34. The third-order valence-corrected chi connectivity index (χ3v) is 8.66. The number of alkyl carbamates (subject to hydrolysis) is 1. The maximum atomic E-state index is 13.6. The molecule has 3 atom stereocenters. The first kappa shape index (κ1) is 32.5. The summed E-state index contributed by atoms with van der Waals surface area (Å²) in [6.07, 6.45) is -1.41. The monoisotopic (exact) mass is 577 g/mol. The molecular weight excluding hydrogens is 541 g/mol. The molecule has 0 fully saturated rings. The molecule has 1 N–H and O–H groups in total. The van der Waals surface area contributed by atoms with Gasteiger partial charge in [0.25, 0.3) is 0 Å². The van der Waals surface area contributed by atoms with Crippen LogP contribution < -0.4 is 5.32 Å². The van der Waals surface area contributed by atoms with E-state index in [1.54, 1.807) is 48.5 Å². The lowest BCUT2D eigenvalue weighted by Crippen LogP contribution is -2.42. The predicted molar refractivity (Wildman–Crippen MR) is 146 cm³/mol. The summed E-state index contributed by atoms with van der Waals surface area (Å²) >= 11 is 0. The van der Waals surface area contributed by atoms with Crippen LogP contribution in [0.25, 0.3) is 0 Å². The number of methoxy groups -OCH3 is 2. The Kier molecular flexibility index (Phi) is 13.9. The van der Waals surface area contributed by atoms with Gasteiger partial charge in [-0.25, -0.2) is 9.59 Å². The highest BCUT2D eigenvalue weighted by molar-refractivity contribution is 7.59. The summed E-state index contributed by atoms with van der Waals surface area (Å²) in [7, 11) is 0.130. The van der Waals surface area contributed by atoms with Crippen molar-refractivity contribution in [3.63, 3.8) is 0 Å². The minimum atomic E-state index is -3.52. The summed E-state index contributed by atoms with van der Waals surface area (Å²) in [6.45, 7) is -0.0488. The summed E-state index contributed by atoms with van der Waals surface area (Å²) in [6, 6.07) is 16.8. The van der Waals surface area contributed by atoms with Crippen LogP contribution in [0.2, 0.25) is 0 Å². The van der Waals surface area contributed by atoms with Crippen molar-refractivity contribution in [3.05, 3.63) is 71.8 Å². The van der Waals surface area contributed by atoms with Gasteiger partial charge in [0.05, 0.1) is 20.1 Å². The second-order valence-corrected chi connectivity index (χ2v) is 11.7. The molecule has 0 aliphatic heterocycles. The summed E-state index contributed by atoms with van der Waals surface area (Å²) in [5.41, 5.74) is 1.50. The smallest absolute Gasteiger partial charge is 0.408 e. The number of amides is 1. The molecular formula is C28H36NO10P. The van der Waals surface area contributed by atoms with Crippen molar-refractivity contribution >= 4 is 31.4 Å². The lowest BCUT2D eigenvalue weighted by Gasteiger charge is -2.23. The van der Waals surface area contributed by atoms with Gasteiger partial charge < -0.3 is 28.8 Å². The molecule has 11 nitrogen and oxygen atoms in total. The molecule has 0 heterocycles. The number of hydrogen-bond acceptors (Lipinski definition) is 10. The Morgan fingerprint density at radius 1 is 0.775 bits per heavy atom. The van der Waals surface area contributed by atoms with Gasteiger partial charge in [0.2, 0.25) is 7.37 Å². The Bertz CT molecular complexity index is 1140. The number of esters is 3. The van der Waals surface area contributed by atoms with Crippen LogP contribution in [0.5, 0.6) is 0 Å². The van der Waals surface area contributed by atoms with Crippen molar-refractivity contribution in [3.8, 4) is 0 Å². The predicted octanol–water partition coefficient (Wildman–Crippen LogP) is 4.08. The van der Waals surface area contributed by atoms with Gasteiger partial charge in [0.15, 0.2) is 0 Å². The number of ether oxygens (including phenoxy) is 4. The molecule has 2 aromatic carbocycles. The number of carbonyl (C=O) groups is 4. The van der Waals surface area contributed by atoms with E-state index in [0.29, 0.717) is 0 Å². The van der Waals surface area contributed by atoms with Crippen molar-refractivity contribution in [1.82, 2.24) is 5.32 Å². The molecule has 40 heavy (non-hydrogen) atoms. The minimum absolute atomic E-state index is 0.0178. The first-order chi connectivity index (χ1) is 19.2. The van der Waals surface area contributed by atoms with Crippen molar-refractivity contribution in [2.24, 2.45) is 5.92 Å². The van der Waals surface area contributed by atoms with Gasteiger partial charge in [0, 0.05) is 25.9 Å². The third kappa shape index (κ3) is 11.6. The standard InChI is InChI=1S/C28H36NO10P/c1-35-25(30)15-14-23(26(31)36-2)20-40(34,37-3)17-16-24(27(32)38-18-21-10-6-4-7-11-21)29-28(33)39-19-22-12-8-5-9-13-22/h4-13,23-24H,14-20H2,1-3H3,(H,29,33)/t23?,24-,40?/m0/s1. The van der Waals surface area contributed by atoms with E-state index >= 15 is 0 Å². The number of carbonyl (C=O) groups excluding carboxylic acids is 4.